The first kappa shape index (κ1) is 14.4. The first-order chi connectivity index (χ1) is 12.7. The van der Waals surface area contributed by atoms with Crippen molar-refractivity contribution in [1.29, 1.82) is 5.26 Å². The second-order valence-corrected chi connectivity index (χ2v) is 8.21. The van der Waals surface area contributed by atoms with Crippen molar-refractivity contribution in [3.63, 3.8) is 0 Å². The smallest absolute Gasteiger partial charge is 0.139 e. The third-order valence-electron chi connectivity index (χ3n) is 7.12. The number of aliphatic hydroxyl groups is 1. The molecule has 3 aromatic heterocycles. The lowest BCUT2D eigenvalue weighted by Crippen LogP contribution is -2.49. The van der Waals surface area contributed by atoms with Crippen molar-refractivity contribution < 1.29 is 5.11 Å². The van der Waals surface area contributed by atoms with Gasteiger partial charge in [0.05, 0.1) is 35.5 Å². The number of aromatic nitrogens is 4. The molecule has 1 spiro atoms. The molecule has 3 fully saturated rings. The molecule has 0 aromatic carbocycles. The number of pyridine rings is 1. The highest BCUT2D eigenvalue weighted by Gasteiger charge is 2.55. The minimum absolute atomic E-state index is 0.0351. The first-order valence-corrected chi connectivity index (χ1v) is 9.28. The molecule has 6 nitrogen and oxygen atoms in total. The van der Waals surface area contributed by atoms with Crippen LogP contribution in [0.15, 0.2) is 29.8 Å². The molecular weight excluding hydrogens is 326 g/mol. The first-order valence-electron chi connectivity index (χ1n) is 9.28. The fourth-order valence-electron chi connectivity index (χ4n) is 5.84. The van der Waals surface area contributed by atoms with E-state index in [1.807, 2.05) is 12.4 Å². The number of aliphatic hydroxyl groups excluding tert-OH is 1. The fraction of sp³-hybridized carbons (Fsp3) is 0.450. The van der Waals surface area contributed by atoms with E-state index in [0.29, 0.717) is 18.6 Å². The van der Waals surface area contributed by atoms with Gasteiger partial charge in [-0.15, -0.1) is 0 Å². The summed E-state index contributed by atoms with van der Waals surface area (Å²) in [5.41, 5.74) is 3.88. The van der Waals surface area contributed by atoms with Gasteiger partial charge in [0.1, 0.15) is 17.0 Å². The quantitative estimate of drug-likeness (QED) is 0.701. The molecule has 0 saturated heterocycles. The van der Waals surface area contributed by atoms with Crippen molar-refractivity contribution >= 4 is 22.1 Å². The van der Waals surface area contributed by atoms with Crippen LogP contribution in [0.4, 0.5) is 0 Å². The number of fused-ring (bicyclic) bond motifs is 7. The molecule has 0 amide bonds. The molecule has 3 aliphatic carbocycles. The highest BCUT2D eigenvalue weighted by Crippen LogP contribution is 2.62. The number of nitrogens with one attached hydrogen (secondary N) is 1. The summed E-state index contributed by atoms with van der Waals surface area (Å²) in [4.78, 5) is 12.6. The average molecular weight is 345 g/mol. The van der Waals surface area contributed by atoms with E-state index in [9.17, 15) is 10.4 Å². The van der Waals surface area contributed by atoms with E-state index in [0.717, 1.165) is 65.6 Å². The SMILES string of the molecule is N#CCC12CCC3(CC1)CC2=C(O)Cc1nc2cnc4[nH]ccc4c2n13. The third-order valence-corrected chi connectivity index (χ3v) is 7.12. The van der Waals surface area contributed by atoms with Crippen molar-refractivity contribution in [3.8, 4) is 6.07 Å². The van der Waals surface area contributed by atoms with Gasteiger partial charge in [-0.25, -0.2) is 9.97 Å². The maximum absolute atomic E-state index is 11.0. The number of hydrogen-bond donors (Lipinski definition) is 2. The van der Waals surface area contributed by atoms with Crippen molar-refractivity contribution in [3.05, 3.63) is 35.6 Å². The Morgan fingerprint density at radius 1 is 1.31 bits per heavy atom. The number of H-pyrrole nitrogens is 1. The highest BCUT2D eigenvalue weighted by atomic mass is 16.3. The van der Waals surface area contributed by atoms with E-state index in [1.54, 1.807) is 0 Å². The van der Waals surface area contributed by atoms with Gasteiger partial charge in [-0.2, -0.15) is 5.26 Å². The number of imidazole rings is 1. The standard InChI is InChI=1S/C20H19N5O/c21-7-6-19-2-4-20(5-3-19)10-13(19)15(26)9-16-24-14-11-23-18-12(1-8-22-18)17(14)25(16)20/h1,8,11,26H,2-6,9-10H2,(H,22,23). The summed E-state index contributed by atoms with van der Waals surface area (Å²) in [6.45, 7) is 0. The van der Waals surface area contributed by atoms with Crippen molar-refractivity contribution in [2.24, 2.45) is 5.41 Å². The minimum atomic E-state index is -0.120. The molecule has 6 heteroatoms. The van der Waals surface area contributed by atoms with Gasteiger partial charge >= 0.3 is 0 Å². The molecule has 0 radical (unpaired) electrons. The molecule has 2 N–H and O–H groups in total. The summed E-state index contributed by atoms with van der Waals surface area (Å²) in [6, 6.07) is 4.45. The summed E-state index contributed by atoms with van der Waals surface area (Å²) in [5, 5.41) is 21.4. The van der Waals surface area contributed by atoms with E-state index in [1.165, 1.54) is 0 Å². The second-order valence-electron chi connectivity index (χ2n) is 8.21. The molecule has 3 saturated carbocycles. The van der Waals surface area contributed by atoms with Crippen LogP contribution in [0.25, 0.3) is 22.1 Å². The van der Waals surface area contributed by atoms with Crippen LogP contribution in [0, 0.1) is 16.7 Å². The molecular formula is C20H19N5O. The Bertz CT molecular complexity index is 1150. The summed E-state index contributed by atoms with van der Waals surface area (Å²) >= 11 is 0. The number of hydrogen-bond acceptors (Lipinski definition) is 4. The lowest BCUT2D eigenvalue weighted by Gasteiger charge is -2.54. The lowest BCUT2D eigenvalue weighted by atomic mass is 9.53. The molecule has 0 unspecified atom stereocenters. The fourth-order valence-corrected chi connectivity index (χ4v) is 5.84. The van der Waals surface area contributed by atoms with Gasteiger partial charge in [0.2, 0.25) is 0 Å². The number of nitriles is 1. The highest BCUT2D eigenvalue weighted by molar-refractivity contribution is 6.01. The molecule has 4 aliphatic rings. The lowest BCUT2D eigenvalue weighted by molar-refractivity contribution is 0.0558. The summed E-state index contributed by atoms with van der Waals surface area (Å²) in [5.74, 6) is 1.37. The van der Waals surface area contributed by atoms with Crippen LogP contribution in [-0.4, -0.2) is 24.6 Å². The van der Waals surface area contributed by atoms with Gasteiger partial charge in [-0.05, 0) is 43.7 Å². The Morgan fingerprint density at radius 2 is 2.15 bits per heavy atom. The van der Waals surface area contributed by atoms with Crippen LogP contribution in [0.3, 0.4) is 0 Å². The van der Waals surface area contributed by atoms with E-state index < -0.39 is 0 Å². The van der Waals surface area contributed by atoms with Crippen LogP contribution in [0.5, 0.6) is 0 Å². The summed E-state index contributed by atoms with van der Waals surface area (Å²) in [7, 11) is 0. The number of aromatic amines is 1. The van der Waals surface area contributed by atoms with Crippen molar-refractivity contribution in [2.75, 3.05) is 0 Å². The van der Waals surface area contributed by atoms with E-state index in [4.69, 9.17) is 4.98 Å². The Balaban J connectivity index is 1.68. The van der Waals surface area contributed by atoms with Crippen LogP contribution in [0.2, 0.25) is 0 Å². The van der Waals surface area contributed by atoms with Gasteiger partial charge in [0.15, 0.2) is 0 Å². The Morgan fingerprint density at radius 3 is 2.96 bits per heavy atom. The molecule has 130 valence electrons. The van der Waals surface area contributed by atoms with Crippen LogP contribution < -0.4 is 0 Å². The maximum atomic E-state index is 11.0. The number of allylic oxidation sites excluding steroid dienone is 2. The third kappa shape index (κ3) is 1.53. The summed E-state index contributed by atoms with van der Waals surface area (Å²) in [6.07, 6.45) is 9.58. The molecule has 0 atom stereocenters. The van der Waals surface area contributed by atoms with Crippen molar-refractivity contribution in [1.82, 2.24) is 19.5 Å². The van der Waals surface area contributed by atoms with E-state index in [2.05, 4.69) is 26.7 Å². The Kier molecular flexibility index (Phi) is 2.47. The van der Waals surface area contributed by atoms with Gasteiger partial charge in [-0.3, -0.25) is 0 Å². The van der Waals surface area contributed by atoms with Crippen LogP contribution in [0.1, 0.15) is 44.3 Å². The number of nitrogens with zero attached hydrogens (tertiary/aromatic N) is 4. The number of rotatable bonds is 1. The largest absolute Gasteiger partial charge is 0.512 e. The van der Waals surface area contributed by atoms with Gasteiger partial charge in [0.25, 0.3) is 0 Å². The Labute approximate surface area is 150 Å². The monoisotopic (exact) mass is 345 g/mol. The zero-order valence-corrected chi connectivity index (χ0v) is 14.4. The van der Waals surface area contributed by atoms with Crippen molar-refractivity contribution in [2.45, 2.75) is 50.5 Å². The molecule has 7 rings (SSSR count). The zero-order valence-electron chi connectivity index (χ0n) is 14.4. The minimum Gasteiger partial charge on any atom is -0.512 e. The predicted molar refractivity (Wildman–Crippen MR) is 96.5 cm³/mol. The van der Waals surface area contributed by atoms with Crippen LogP contribution in [-0.2, 0) is 12.0 Å². The molecule has 1 aliphatic heterocycles. The summed E-state index contributed by atoms with van der Waals surface area (Å²) < 4.78 is 2.42. The molecule has 3 aromatic rings. The normalized spacial score (nSPS) is 29.8. The van der Waals surface area contributed by atoms with Gasteiger partial charge < -0.3 is 14.7 Å². The van der Waals surface area contributed by atoms with Gasteiger partial charge in [0, 0.05) is 23.4 Å². The van der Waals surface area contributed by atoms with E-state index >= 15 is 0 Å². The average Bonchev–Trinajstić information content (AvgIpc) is 3.24. The Hall–Kier alpha value is -2.81. The van der Waals surface area contributed by atoms with Crippen LogP contribution >= 0.6 is 0 Å². The zero-order chi connectivity index (χ0) is 17.5. The van der Waals surface area contributed by atoms with Gasteiger partial charge in [-0.1, -0.05) is 0 Å². The second kappa shape index (κ2) is 4.47. The topological polar surface area (TPSA) is 90.5 Å². The van der Waals surface area contributed by atoms with E-state index in [-0.39, 0.29) is 11.0 Å². The molecule has 3 bridgehead atoms. The molecule has 26 heavy (non-hydrogen) atoms. The molecule has 4 heterocycles. The predicted octanol–water partition coefficient (Wildman–Crippen LogP) is 3.85. The maximum Gasteiger partial charge on any atom is 0.139 e.